The monoisotopic (exact) mass is 298 g/mol. The summed E-state index contributed by atoms with van der Waals surface area (Å²) in [7, 11) is 0. The molecule has 0 bridgehead atoms. The Balaban J connectivity index is 1.62. The third-order valence-electron chi connectivity index (χ3n) is 3.79. The van der Waals surface area contributed by atoms with Crippen LogP contribution in [-0.4, -0.2) is 21.1 Å². The van der Waals surface area contributed by atoms with Gasteiger partial charge < -0.3 is 0 Å². The van der Waals surface area contributed by atoms with Crippen molar-refractivity contribution in [3.8, 4) is 0 Å². The zero-order valence-corrected chi connectivity index (χ0v) is 12.2. The molecule has 4 rings (SSSR count). The molecule has 106 valence electrons. The Morgan fingerprint density at radius 3 is 3.00 bits per heavy atom. The van der Waals surface area contributed by atoms with Gasteiger partial charge in [-0.3, -0.25) is 15.2 Å². The fraction of sp³-hybridized carbons (Fsp3) is 0.267. The van der Waals surface area contributed by atoms with E-state index in [1.807, 2.05) is 24.3 Å². The van der Waals surface area contributed by atoms with Crippen molar-refractivity contribution in [3.63, 3.8) is 0 Å². The number of aryl methyl sites for hydroxylation is 1. The molecule has 21 heavy (non-hydrogen) atoms. The summed E-state index contributed by atoms with van der Waals surface area (Å²) in [5, 5.41) is 10.7. The molecule has 1 aliphatic rings. The number of rotatable bonds is 2. The fourth-order valence-electron chi connectivity index (χ4n) is 2.75. The molecule has 6 heteroatoms. The predicted octanol–water partition coefficient (Wildman–Crippen LogP) is 3.15. The van der Waals surface area contributed by atoms with E-state index >= 15 is 0 Å². The van der Waals surface area contributed by atoms with Gasteiger partial charge in [-0.05, 0) is 37.8 Å². The molecule has 5 nitrogen and oxygen atoms in total. The third-order valence-corrected chi connectivity index (χ3v) is 4.74. The highest BCUT2D eigenvalue weighted by Crippen LogP contribution is 2.27. The van der Waals surface area contributed by atoms with Crippen molar-refractivity contribution in [3.05, 3.63) is 41.2 Å². The summed E-state index contributed by atoms with van der Waals surface area (Å²) in [5.41, 5.74) is 3.60. The van der Waals surface area contributed by atoms with E-state index < -0.39 is 0 Å². The number of anilines is 1. The molecule has 2 N–H and O–H groups in total. The first-order valence-corrected chi connectivity index (χ1v) is 7.86. The first-order valence-electron chi connectivity index (χ1n) is 7.04. The van der Waals surface area contributed by atoms with Gasteiger partial charge in [0.1, 0.15) is 0 Å². The number of amides is 1. The van der Waals surface area contributed by atoms with Crippen LogP contribution < -0.4 is 5.32 Å². The molecule has 0 radical (unpaired) electrons. The maximum absolute atomic E-state index is 12.4. The molecule has 0 fully saturated rings. The van der Waals surface area contributed by atoms with Gasteiger partial charge in [0.15, 0.2) is 10.8 Å². The molecule has 0 spiro atoms. The highest BCUT2D eigenvalue weighted by molar-refractivity contribution is 7.22. The van der Waals surface area contributed by atoms with Crippen molar-refractivity contribution in [2.24, 2.45) is 0 Å². The number of carbonyl (C=O) groups is 1. The first-order chi connectivity index (χ1) is 10.3. The number of thiazole rings is 1. The number of hydrogen-bond donors (Lipinski definition) is 2. The standard InChI is InChI=1S/C15H14N4OS/c20-14(13-9-5-1-2-6-10(9)18-19-13)17-15-16-11-7-3-4-8-12(11)21-15/h3-4,7-8H,1-2,5-6H2,(H,18,19)(H,16,17,20). The van der Waals surface area contributed by atoms with Crippen LogP contribution in [0.3, 0.4) is 0 Å². The van der Waals surface area contributed by atoms with Crippen molar-refractivity contribution < 1.29 is 4.79 Å². The molecule has 0 aliphatic heterocycles. The Morgan fingerprint density at radius 2 is 2.10 bits per heavy atom. The number of carbonyl (C=O) groups excluding carboxylic acids is 1. The summed E-state index contributed by atoms with van der Waals surface area (Å²) in [5.74, 6) is -0.173. The second-order valence-electron chi connectivity index (χ2n) is 5.18. The maximum Gasteiger partial charge on any atom is 0.278 e. The number of nitrogens with zero attached hydrogens (tertiary/aromatic N) is 2. The fourth-order valence-corrected chi connectivity index (χ4v) is 3.61. The second kappa shape index (κ2) is 4.96. The lowest BCUT2D eigenvalue weighted by Crippen LogP contribution is -2.15. The molecule has 2 heterocycles. The van der Waals surface area contributed by atoms with E-state index in [9.17, 15) is 4.79 Å². The first kappa shape index (κ1) is 12.5. The number of aromatic amines is 1. The molecule has 0 saturated heterocycles. The van der Waals surface area contributed by atoms with E-state index in [0.29, 0.717) is 10.8 Å². The van der Waals surface area contributed by atoms with Gasteiger partial charge in [-0.25, -0.2) is 4.98 Å². The molecular weight excluding hydrogens is 284 g/mol. The normalized spacial score (nSPS) is 14.1. The zero-order valence-electron chi connectivity index (χ0n) is 11.3. The van der Waals surface area contributed by atoms with Crippen LogP contribution >= 0.6 is 11.3 Å². The van der Waals surface area contributed by atoms with Crippen LogP contribution in [0.25, 0.3) is 10.2 Å². The highest BCUT2D eigenvalue weighted by atomic mass is 32.1. The molecule has 0 atom stereocenters. The van der Waals surface area contributed by atoms with Gasteiger partial charge in [0.05, 0.1) is 10.2 Å². The van der Waals surface area contributed by atoms with Crippen molar-refractivity contribution in [2.45, 2.75) is 25.7 Å². The molecular formula is C15H14N4OS. The van der Waals surface area contributed by atoms with E-state index in [1.54, 1.807) is 0 Å². The SMILES string of the molecule is O=C(Nc1nc2ccccc2s1)c1n[nH]c2c1CCCC2. The van der Waals surface area contributed by atoms with E-state index in [1.165, 1.54) is 11.3 Å². The third kappa shape index (κ3) is 2.21. The maximum atomic E-state index is 12.4. The average Bonchev–Trinajstić information content (AvgIpc) is 3.10. The molecule has 2 aromatic heterocycles. The van der Waals surface area contributed by atoms with Crippen LogP contribution in [0.5, 0.6) is 0 Å². The Labute approximate surface area is 125 Å². The quantitative estimate of drug-likeness (QED) is 0.763. The lowest BCUT2D eigenvalue weighted by Gasteiger charge is -2.10. The van der Waals surface area contributed by atoms with Gasteiger partial charge in [-0.15, -0.1) is 0 Å². The summed E-state index contributed by atoms with van der Waals surface area (Å²) in [6.07, 6.45) is 4.19. The Hall–Kier alpha value is -2.21. The van der Waals surface area contributed by atoms with Gasteiger partial charge in [-0.1, -0.05) is 23.5 Å². The average molecular weight is 298 g/mol. The second-order valence-corrected chi connectivity index (χ2v) is 6.21. The molecule has 0 saturated carbocycles. The van der Waals surface area contributed by atoms with Gasteiger partial charge >= 0.3 is 0 Å². The van der Waals surface area contributed by atoms with Crippen molar-refractivity contribution in [2.75, 3.05) is 5.32 Å². The van der Waals surface area contributed by atoms with Crippen molar-refractivity contribution >= 4 is 32.6 Å². The van der Waals surface area contributed by atoms with E-state index in [4.69, 9.17) is 0 Å². The molecule has 1 aliphatic carbocycles. The number of nitrogens with one attached hydrogen (secondary N) is 2. The van der Waals surface area contributed by atoms with E-state index in [0.717, 1.165) is 47.2 Å². The molecule has 3 aromatic rings. The van der Waals surface area contributed by atoms with Crippen molar-refractivity contribution in [1.29, 1.82) is 0 Å². The predicted molar refractivity (Wildman–Crippen MR) is 82.8 cm³/mol. The summed E-state index contributed by atoms with van der Waals surface area (Å²) in [6.45, 7) is 0. The Morgan fingerprint density at radius 1 is 1.24 bits per heavy atom. The molecule has 1 aromatic carbocycles. The Kier molecular flexibility index (Phi) is 2.96. The summed E-state index contributed by atoms with van der Waals surface area (Å²) in [4.78, 5) is 16.8. The van der Waals surface area contributed by atoms with E-state index in [-0.39, 0.29) is 5.91 Å². The number of para-hydroxylation sites is 1. The minimum Gasteiger partial charge on any atom is -0.296 e. The van der Waals surface area contributed by atoms with Crippen LogP contribution in [0, 0.1) is 0 Å². The van der Waals surface area contributed by atoms with Crippen LogP contribution in [0.4, 0.5) is 5.13 Å². The number of hydrogen-bond acceptors (Lipinski definition) is 4. The topological polar surface area (TPSA) is 70.7 Å². The minimum atomic E-state index is -0.173. The van der Waals surface area contributed by atoms with Crippen LogP contribution in [0.15, 0.2) is 24.3 Å². The number of fused-ring (bicyclic) bond motifs is 2. The lowest BCUT2D eigenvalue weighted by atomic mass is 9.96. The summed E-state index contributed by atoms with van der Waals surface area (Å²) in [6, 6.07) is 7.85. The smallest absolute Gasteiger partial charge is 0.278 e. The van der Waals surface area contributed by atoms with Crippen LogP contribution in [0.1, 0.15) is 34.6 Å². The van der Waals surface area contributed by atoms with Gasteiger partial charge in [0, 0.05) is 11.3 Å². The minimum absolute atomic E-state index is 0.173. The summed E-state index contributed by atoms with van der Waals surface area (Å²) >= 11 is 1.48. The zero-order chi connectivity index (χ0) is 14.2. The van der Waals surface area contributed by atoms with Gasteiger partial charge in [0.25, 0.3) is 5.91 Å². The Bertz CT molecular complexity index is 787. The van der Waals surface area contributed by atoms with Crippen molar-refractivity contribution in [1.82, 2.24) is 15.2 Å². The molecule has 1 amide bonds. The van der Waals surface area contributed by atoms with Crippen LogP contribution in [-0.2, 0) is 12.8 Å². The highest BCUT2D eigenvalue weighted by Gasteiger charge is 2.22. The number of benzene rings is 1. The summed E-state index contributed by atoms with van der Waals surface area (Å²) < 4.78 is 1.07. The van der Waals surface area contributed by atoms with Gasteiger partial charge in [-0.2, -0.15) is 5.10 Å². The molecule has 0 unspecified atom stereocenters. The largest absolute Gasteiger partial charge is 0.296 e. The van der Waals surface area contributed by atoms with Crippen LogP contribution in [0.2, 0.25) is 0 Å². The van der Waals surface area contributed by atoms with Gasteiger partial charge in [0.2, 0.25) is 0 Å². The van der Waals surface area contributed by atoms with E-state index in [2.05, 4.69) is 20.5 Å². The number of H-pyrrole nitrogens is 1. The number of aromatic nitrogens is 3. The lowest BCUT2D eigenvalue weighted by molar-refractivity contribution is 0.102.